The van der Waals surface area contributed by atoms with E-state index in [-0.39, 0.29) is 17.8 Å². The second-order valence-corrected chi connectivity index (χ2v) is 6.50. The number of amides is 1. The molecule has 1 aliphatic rings. The summed E-state index contributed by atoms with van der Waals surface area (Å²) in [6, 6.07) is 7.07. The number of benzene rings is 1. The number of rotatable bonds is 3. The van der Waals surface area contributed by atoms with Gasteiger partial charge in [-0.25, -0.2) is 4.79 Å². The molecular formula is C17H23NO4. The van der Waals surface area contributed by atoms with Gasteiger partial charge in [0.25, 0.3) is 0 Å². The molecule has 22 heavy (non-hydrogen) atoms. The van der Waals surface area contributed by atoms with Gasteiger partial charge in [-0.2, -0.15) is 0 Å². The Bertz CT molecular complexity index is 545. The fourth-order valence-electron chi connectivity index (χ4n) is 2.46. The molecule has 0 aliphatic carbocycles. The molecule has 1 unspecified atom stereocenters. The number of hydrogen-bond acceptors (Lipinski definition) is 4. The molecule has 1 aromatic carbocycles. The Morgan fingerprint density at radius 3 is 2.36 bits per heavy atom. The van der Waals surface area contributed by atoms with Crippen molar-refractivity contribution >= 4 is 11.9 Å². The first kappa shape index (κ1) is 16.3. The Morgan fingerprint density at radius 2 is 1.82 bits per heavy atom. The third-order valence-corrected chi connectivity index (χ3v) is 3.59. The molecule has 5 heteroatoms. The van der Waals surface area contributed by atoms with Crippen molar-refractivity contribution in [2.45, 2.75) is 32.8 Å². The van der Waals surface area contributed by atoms with Crippen LogP contribution in [0.15, 0.2) is 24.3 Å². The molecule has 1 saturated heterocycles. The molecule has 1 amide bonds. The molecule has 0 saturated carbocycles. The molecule has 1 aromatic rings. The Kier molecular flexibility index (Phi) is 4.74. The Hall–Kier alpha value is -2.04. The molecule has 0 spiro atoms. The lowest BCUT2D eigenvalue weighted by Crippen LogP contribution is -2.35. The smallest absolute Gasteiger partial charge is 0.410 e. The number of nitrogens with zero attached hydrogens (tertiary/aromatic N) is 1. The predicted octanol–water partition coefficient (Wildman–Crippen LogP) is 3.13. The lowest BCUT2D eigenvalue weighted by Gasteiger charge is -2.24. The Balaban J connectivity index is 1.97. The van der Waals surface area contributed by atoms with Crippen molar-refractivity contribution in [1.82, 2.24) is 4.90 Å². The van der Waals surface area contributed by atoms with Crippen LogP contribution in [0.2, 0.25) is 0 Å². The summed E-state index contributed by atoms with van der Waals surface area (Å²) in [7, 11) is 1.59. The molecule has 120 valence electrons. The summed E-state index contributed by atoms with van der Waals surface area (Å²) in [5, 5.41) is 0. The zero-order valence-corrected chi connectivity index (χ0v) is 13.6. The summed E-state index contributed by atoms with van der Waals surface area (Å²) in [5.41, 5.74) is 0.131. The number of carbonyl (C=O) groups is 2. The second-order valence-electron chi connectivity index (χ2n) is 6.50. The SMILES string of the molecule is COc1ccc(C(=O)C2CCN(C(=O)OC(C)(C)C)C2)cc1. The number of likely N-dealkylation sites (tertiary alicyclic amines) is 1. The molecule has 0 bridgehead atoms. The number of carbonyl (C=O) groups excluding carboxylic acids is 2. The molecule has 5 nitrogen and oxygen atoms in total. The average Bonchev–Trinajstić information content (AvgIpc) is 2.95. The summed E-state index contributed by atoms with van der Waals surface area (Å²) in [6.07, 6.45) is 0.321. The summed E-state index contributed by atoms with van der Waals surface area (Å²) in [6.45, 7) is 6.48. The number of ketones is 1. The first-order chi connectivity index (χ1) is 10.3. The van der Waals surface area contributed by atoms with Gasteiger partial charge in [-0.1, -0.05) is 0 Å². The van der Waals surface area contributed by atoms with Crippen LogP contribution < -0.4 is 4.74 Å². The maximum absolute atomic E-state index is 12.5. The van der Waals surface area contributed by atoms with Crippen LogP contribution in [0.4, 0.5) is 4.79 Å². The minimum absolute atomic E-state index is 0.0636. The highest BCUT2D eigenvalue weighted by atomic mass is 16.6. The van der Waals surface area contributed by atoms with Gasteiger partial charge in [0.15, 0.2) is 5.78 Å². The van der Waals surface area contributed by atoms with Gasteiger partial charge in [0.2, 0.25) is 0 Å². The number of ether oxygens (including phenoxy) is 2. The van der Waals surface area contributed by atoms with E-state index in [0.717, 1.165) is 5.75 Å². The monoisotopic (exact) mass is 305 g/mol. The van der Waals surface area contributed by atoms with Crippen LogP contribution in [0, 0.1) is 5.92 Å². The maximum Gasteiger partial charge on any atom is 0.410 e. The molecule has 1 aliphatic heterocycles. The van der Waals surface area contributed by atoms with Gasteiger partial charge in [0.1, 0.15) is 11.4 Å². The van der Waals surface area contributed by atoms with Crippen molar-refractivity contribution in [2.75, 3.05) is 20.2 Å². The zero-order valence-electron chi connectivity index (χ0n) is 13.6. The van der Waals surface area contributed by atoms with Gasteiger partial charge < -0.3 is 14.4 Å². The Labute approximate surface area is 131 Å². The molecule has 1 heterocycles. The molecular weight excluding hydrogens is 282 g/mol. The largest absolute Gasteiger partial charge is 0.497 e. The lowest BCUT2D eigenvalue weighted by atomic mass is 9.97. The minimum atomic E-state index is -0.519. The third kappa shape index (κ3) is 4.00. The maximum atomic E-state index is 12.5. The molecule has 0 aromatic heterocycles. The first-order valence-electron chi connectivity index (χ1n) is 7.46. The van der Waals surface area contributed by atoms with Gasteiger partial charge in [-0.05, 0) is 51.5 Å². The van der Waals surface area contributed by atoms with E-state index in [4.69, 9.17) is 9.47 Å². The fourth-order valence-corrected chi connectivity index (χ4v) is 2.46. The van der Waals surface area contributed by atoms with Gasteiger partial charge in [-0.15, -0.1) is 0 Å². The number of methoxy groups -OCH3 is 1. The van der Waals surface area contributed by atoms with E-state index >= 15 is 0 Å². The highest BCUT2D eigenvalue weighted by molar-refractivity contribution is 5.98. The lowest BCUT2D eigenvalue weighted by molar-refractivity contribution is 0.0289. The van der Waals surface area contributed by atoms with Crippen LogP contribution in [-0.4, -0.2) is 42.6 Å². The summed E-state index contributed by atoms with van der Waals surface area (Å²) in [5.74, 6) is 0.618. The first-order valence-corrected chi connectivity index (χ1v) is 7.46. The fraction of sp³-hybridized carbons (Fsp3) is 0.529. The predicted molar refractivity (Wildman–Crippen MR) is 83.2 cm³/mol. The van der Waals surface area contributed by atoms with Gasteiger partial charge in [-0.3, -0.25) is 4.79 Å². The zero-order chi connectivity index (χ0) is 16.3. The van der Waals surface area contributed by atoms with E-state index in [1.807, 2.05) is 20.8 Å². The standard InChI is InChI=1S/C17H23NO4/c1-17(2,3)22-16(20)18-10-9-13(11-18)15(19)12-5-7-14(21-4)8-6-12/h5-8,13H,9-11H2,1-4H3. The van der Waals surface area contributed by atoms with Crippen LogP contribution in [0.1, 0.15) is 37.6 Å². The van der Waals surface area contributed by atoms with Crippen molar-refractivity contribution in [1.29, 1.82) is 0 Å². The van der Waals surface area contributed by atoms with E-state index in [1.165, 1.54) is 0 Å². The number of Topliss-reactive ketones (excluding diaryl/α,β-unsaturated/α-hetero) is 1. The van der Waals surface area contributed by atoms with Gasteiger partial charge in [0.05, 0.1) is 7.11 Å². The van der Waals surface area contributed by atoms with Crippen LogP contribution in [0.3, 0.4) is 0 Å². The second kappa shape index (κ2) is 6.38. The molecule has 1 atom stereocenters. The topological polar surface area (TPSA) is 55.8 Å². The van der Waals surface area contributed by atoms with E-state index in [0.29, 0.717) is 25.1 Å². The van der Waals surface area contributed by atoms with Crippen LogP contribution in [0.25, 0.3) is 0 Å². The normalized spacial score (nSPS) is 18.2. The van der Waals surface area contributed by atoms with E-state index in [1.54, 1.807) is 36.3 Å². The van der Waals surface area contributed by atoms with Crippen molar-refractivity contribution in [3.8, 4) is 5.75 Å². The summed E-state index contributed by atoms with van der Waals surface area (Å²) in [4.78, 5) is 26.1. The summed E-state index contributed by atoms with van der Waals surface area (Å²) >= 11 is 0. The molecule has 1 fully saturated rings. The number of hydrogen-bond donors (Lipinski definition) is 0. The van der Waals surface area contributed by atoms with Crippen LogP contribution >= 0.6 is 0 Å². The quantitative estimate of drug-likeness (QED) is 0.805. The van der Waals surface area contributed by atoms with Crippen molar-refractivity contribution in [3.05, 3.63) is 29.8 Å². The average molecular weight is 305 g/mol. The van der Waals surface area contributed by atoms with E-state index in [9.17, 15) is 9.59 Å². The van der Waals surface area contributed by atoms with E-state index < -0.39 is 5.60 Å². The Morgan fingerprint density at radius 1 is 1.18 bits per heavy atom. The van der Waals surface area contributed by atoms with E-state index in [2.05, 4.69) is 0 Å². The van der Waals surface area contributed by atoms with Crippen LogP contribution in [0.5, 0.6) is 5.75 Å². The highest BCUT2D eigenvalue weighted by Gasteiger charge is 2.33. The van der Waals surface area contributed by atoms with Crippen molar-refractivity contribution < 1.29 is 19.1 Å². The summed E-state index contributed by atoms with van der Waals surface area (Å²) < 4.78 is 10.4. The van der Waals surface area contributed by atoms with Crippen molar-refractivity contribution in [2.24, 2.45) is 5.92 Å². The van der Waals surface area contributed by atoms with Crippen LogP contribution in [-0.2, 0) is 4.74 Å². The highest BCUT2D eigenvalue weighted by Crippen LogP contribution is 2.24. The van der Waals surface area contributed by atoms with Crippen molar-refractivity contribution in [3.63, 3.8) is 0 Å². The molecule has 0 radical (unpaired) electrons. The van der Waals surface area contributed by atoms with Gasteiger partial charge >= 0.3 is 6.09 Å². The molecule has 0 N–H and O–H groups in total. The molecule has 2 rings (SSSR count). The third-order valence-electron chi connectivity index (χ3n) is 3.59. The van der Waals surface area contributed by atoms with Gasteiger partial charge in [0, 0.05) is 24.6 Å². The minimum Gasteiger partial charge on any atom is -0.497 e.